The van der Waals surface area contributed by atoms with Gasteiger partial charge in [-0.1, -0.05) is 19.4 Å². The van der Waals surface area contributed by atoms with Gasteiger partial charge in [-0.2, -0.15) is 0 Å². The third-order valence-electron chi connectivity index (χ3n) is 5.28. The average Bonchev–Trinajstić information content (AvgIpc) is 2.66. The molecule has 0 amide bonds. The van der Waals surface area contributed by atoms with Crippen molar-refractivity contribution >= 4 is 5.97 Å². The molecule has 0 spiro atoms. The second-order valence-electron chi connectivity index (χ2n) is 6.96. The van der Waals surface area contributed by atoms with E-state index in [0.29, 0.717) is 12.1 Å². The summed E-state index contributed by atoms with van der Waals surface area (Å²) < 4.78 is 58.6. The van der Waals surface area contributed by atoms with Crippen molar-refractivity contribution in [3.8, 4) is 5.75 Å². The molecule has 0 N–H and O–H groups in total. The SMILES string of the molecule is CCC1CCC(c2ccc(C(=O)Oc3cc(F)c(F)c(F)c3)c(F)c2)CC1. The van der Waals surface area contributed by atoms with Crippen LogP contribution in [0.1, 0.15) is 60.9 Å². The van der Waals surface area contributed by atoms with Crippen LogP contribution >= 0.6 is 0 Å². The molecule has 0 atom stereocenters. The van der Waals surface area contributed by atoms with E-state index in [1.54, 1.807) is 6.07 Å². The van der Waals surface area contributed by atoms with Gasteiger partial charge >= 0.3 is 5.97 Å². The molecular formula is C21H20F4O2. The number of ether oxygens (including phenoxy) is 1. The van der Waals surface area contributed by atoms with Crippen LogP contribution in [0.5, 0.6) is 5.75 Å². The van der Waals surface area contributed by atoms with Crippen molar-refractivity contribution in [2.24, 2.45) is 5.92 Å². The standard InChI is InChI=1S/C21H20F4O2/c1-2-12-3-5-13(6-4-12)14-7-8-16(17(22)9-14)21(26)27-15-10-18(23)20(25)19(24)11-15/h7-13H,2-6H2,1H3. The van der Waals surface area contributed by atoms with Gasteiger partial charge < -0.3 is 4.74 Å². The monoisotopic (exact) mass is 380 g/mol. The van der Waals surface area contributed by atoms with Crippen LogP contribution in [0.2, 0.25) is 0 Å². The van der Waals surface area contributed by atoms with E-state index in [4.69, 9.17) is 4.74 Å². The number of hydrogen-bond acceptors (Lipinski definition) is 2. The first kappa shape index (κ1) is 19.4. The van der Waals surface area contributed by atoms with Gasteiger partial charge in [0.25, 0.3) is 0 Å². The van der Waals surface area contributed by atoms with Crippen molar-refractivity contribution in [1.29, 1.82) is 0 Å². The molecule has 1 aliphatic carbocycles. The summed E-state index contributed by atoms with van der Waals surface area (Å²) in [5.74, 6) is -6.05. The van der Waals surface area contributed by atoms with Crippen LogP contribution < -0.4 is 4.74 Å². The van der Waals surface area contributed by atoms with Gasteiger partial charge in [0, 0.05) is 12.1 Å². The maximum atomic E-state index is 14.4. The molecule has 0 saturated heterocycles. The number of halogens is 4. The maximum Gasteiger partial charge on any atom is 0.346 e. The molecule has 2 aromatic rings. The highest BCUT2D eigenvalue weighted by Gasteiger charge is 2.23. The molecule has 1 saturated carbocycles. The zero-order valence-electron chi connectivity index (χ0n) is 14.9. The first-order valence-electron chi connectivity index (χ1n) is 9.05. The Hall–Kier alpha value is -2.37. The normalized spacial score (nSPS) is 19.7. The van der Waals surface area contributed by atoms with Crippen LogP contribution in [-0.2, 0) is 0 Å². The molecule has 0 radical (unpaired) electrons. The molecule has 1 fully saturated rings. The van der Waals surface area contributed by atoms with Gasteiger partial charge in [-0.15, -0.1) is 0 Å². The summed E-state index contributed by atoms with van der Waals surface area (Å²) in [6.45, 7) is 2.17. The van der Waals surface area contributed by atoms with Gasteiger partial charge in [0.15, 0.2) is 17.5 Å². The highest BCUT2D eigenvalue weighted by Crippen LogP contribution is 2.37. The Labute approximate surface area is 155 Å². The van der Waals surface area contributed by atoms with Gasteiger partial charge in [0.1, 0.15) is 11.6 Å². The van der Waals surface area contributed by atoms with Gasteiger partial charge in [0.05, 0.1) is 5.56 Å². The fourth-order valence-corrected chi connectivity index (χ4v) is 3.61. The van der Waals surface area contributed by atoms with Gasteiger partial charge in [-0.05, 0) is 55.2 Å². The van der Waals surface area contributed by atoms with E-state index < -0.39 is 35.0 Å². The van der Waals surface area contributed by atoms with Crippen molar-refractivity contribution in [1.82, 2.24) is 0 Å². The van der Waals surface area contributed by atoms with E-state index in [-0.39, 0.29) is 11.5 Å². The summed E-state index contributed by atoms with van der Waals surface area (Å²) in [4.78, 5) is 12.1. The quantitative estimate of drug-likeness (QED) is 0.275. The van der Waals surface area contributed by atoms with Crippen molar-refractivity contribution < 1.29 is 27.1 Å². The van der Waals surface area contributed by atoms with Crippen LogP contribution in [0, 0.1) is 29.2 Å². The maximum absolute atomic E-state index is 14.4. The predicted octanol–water partition coefficient (Wildman–Crippen LogP) is 6.15. The van der Waals surface area contributed by atoms with Crippen LogP contribution in [-0.4, -0.2) is 5.97 Å². The van der Waals surface area contributed by atoms with Gasteiger partial charge in [-0.25, -0.2) is 22.4 Å². The highest BCUT2D eigenvalue weighted by molar-refractivity contribution is 5.91. The number of carbonyl (C=O) groups excluding carboxylic acids is 1. The van der Waals surface area contributed by atoms with Crippen molar-refractivity contribution in [3.05, 3.63) is 64.7 Å². The van der Waals surface area contributed by atoms with E-state index in [1.807, 2.05) is 0 Å². The third-order valence-corrected chi connectivity index (χ3v) is 5.28. The summed E-state index contributed by atoms with van der Waals surface area (Å²) in [5.41, 5.74) is 0.489. The van der Waals surface area contributed by atoms with E-state index in [2.05, 4.69) is 6.92 Å². The molecule has 0 aromatic heterocycles. The number of rotatable bonds is 4. The lowest BCUT2D eigenvalue weighted by Gasteiger charge is -2.28. The molecular weight excluding hydrogens is 360 g/mol. The van der Waals surface area contributed by atoms with E-state index >= 15 is 0 Å². The van der Waals surface area contributed by atoms with E-state index in [9.17, 15) is 22.4 Å². The van der Waals surface area contributed by atoms with Crippen molar-refractivity contribution in [2.75, 3.05) is 0 Å². The molecule has 144 valence electrons. The summed E-state index contributed by atoms with van der Waals surface area (Å²) >= 11 is 0. The summed E-state index contributed by atoms with van der Waals surface area (Å²) in [6, 6.07) is 5.39. The minimum absolute atomic E-state index is 0.257. The second-order valence-corrected chi connectivity index (χ2v) is 6.96. The molecule has 0 heterocycles. The number of hydrogen-bond donors (Lipinski definition) is 0. The minimum Gasteiger partial charge on any atom is -0.423 e. The predicted molar refractivity (Wildman–Crippen MR) is 92.7 cm³/mol. The lowest BCUT2D eigenvalue weighted by atomic mass is 9.78. The number of carbonyl (C=O) groups is 1. The Morgan fingerprint density at radius 1 is 0.963 bits per heavy atom. The molecule has 0 unspecified atom stereocenters. The summed E-state index contributed by atoms with van der Waals surface area (Å²) in [5, 5.41) is 0. The topological polar surface area (TPSA) is 26.3 Å². The fourth-order valence-electron chi connectivity index (χ4n) is 3.61. The molecule has 27 heavy (non-hydrogen) atoms. The molecule has 2 nitrogen and oxygen atoms in total. The number of esters is 1. The first-order valence-corrected chi connectivity index (χ1v) is 9.05. The molecule has 3 rings (SSSR count). The third kappa shape index (κ3) is 4.31. The van der Waals surface area contributed by atoms with Crippen molar-refractivity contribution in [2.45, 2.75) is 44.9 Å². The zero-order valence-corrected chi connectivity index (χ0v) is 14.9. The second kappa shape index (κ2) is 8.11. The van der Waals surface area contributed by atoms with Crippen LogP contribution in [0.4, 0.5) is 17.6 Å². The largest absolute Gasteiger partial charge is 0.423 e. The Morgan fingerprint density at radius 3 is 2.15 bits per heavy atom. The van der Waals surface area contributed by atoms with Crippen LogP contribution in [0.15, 0.2) is 30.3 Å². The lowest BCUT2D eigenvalue weighted by Crippen LogP contribution is -2.14. The van der Waals surface area contributed by atoms with E-state index in [0.717, 1.165) is 43.6 Å². The fraction of sp³-hybridized carbons (Fsp3) is 0.381. The number of benzene rings is 2. The highest BCUT2D eigenvalue weighted by atomic mass is 19.2. The Balaban J connectivity index is 1.73. The van der Waals surface area contributed by atoms with Crippen molar-refractivity contribution in [3.63, 3.8) is 0 Å². The molecule has 0 aliphatic heterocycles. The van der Waals surface area contributed by atoms with Crippen LogP contribution in [0.3, 0.4) is 0 Å². The lowest BCUT2D eigenvalue weighted by molar-refractivity contribution is 0.0728. The van der Waals surface area contributed by atoms with E-state index in [1.165, 1.54) is 12.1 Å². The van der Waals surface area contributed by atoms with Crippen LogP contribution in [0.25, 0.3) is 0 Å². The molecule has 0 bridgehead atoms. The Bertz CT molecular complexity index is 819. The molecule has 1 aliphatic rings. The first-order chi connectivity index (χ1) is 12.9. The van der Waals surface area contributed by atoms with Gasteiger partial charge in [0.2, 0.25) is 0 Å². The Morgan fingerprint density at radius 2 is 1.59 bits per heavy atom. The minimum atomic E-state index is -1.66. The zero-order chi connectivity index (χ0) is 19.6. The molecule has 6 heteroatoms. The van der Waals surface area contributed by atoms with Gasteiger partial charge in [-0.3, -0.25) is 0 Å². The molecule has 2 aromatic carbocycles. The smallest absolute Gasteiger partial charge is 0.346 e. The summed E-state index contributed by atoms with van der Waals surface area (Å²) in [7, 11) is 0. The Kier molecular flexibility index (Phi) is 5.82. The average molecular weight is 380 g/mol. The summed E-state index contributed by atoms with van der Waals surface area (Å²) in [6.07, 6.45) is 5.32.